The Labute approximate surface area is 206 Å². The number of nitrogens with one attached hydrogen (secondary N) is 2. The first-order chi connectivity index (χ1) is 16.9. The molecule has 0 saturated carbocycles. The molecule has 0 bridgehead atoms. The molecular weight excluding hydrogens is 448 g/mol. The van der Waals surface area contributed by atoms with Crippen molar-refractivity contribution < 1.29 is 29.3 Å². The first kappa shape index (κ1) is 26.8. The molecule has 4 N–H and O–H groups in total. The summed E-state index contributed by atoms with van der Waals surface area (Å²) in [5.41, 5.74) is 3.63. The van der Waals surface area contributed by atoms with Gasteiger partial charge in [-0.1, -0.05) is 55.5 Å². The molecule has 0 aliphatic carbocycles. The van der Waals surface area contributed by atoms with Crippen LogP contribution in [0, 0.1) is 5.92 Å². The fourth-order valence-corrected chi connectivity index (χ4v) is 3.89. The molecule has 2 aromatic rings. The number of rotatable bonds is 12. The lowest BCUT2D eigenvalue weighted by Crippen LogP contribution is -2.49. The van der Waals surface area contributed by atoms with E-state index >= 15 is 0 Å². The molecule has 0 spiro atoms. The van der Waals surface area contributed by atoms with Crippen molar-refractivity contribution in [1.82, 2.24) is 10.6 Å². The summed E-state index contributed by atoms with van der Waals surface area (Å²) in [7, 11) is 0. The van der Waals surface area contributed by atoms with Gasteiger partial charge in [0.1, 0.15) is 6.10 Å². The van der Waals surface area contributed by atoms with Gasteiger partial charge >= 0.3 is 6.09 Å². The Kier molecular flexibility index (Phi) is 10.2. The van der Waals surface area contributed by atoms with E-state index in [0.29, 0.717) is 38.2 Å². The quantitative estimate of drug-likeness (QED) is 0.342. The molecular formula is C27H36N2O6. The SMILES string of the molecule is CC(=O)c1ccc(-c2ccc(CC(NC(=O)OC3CCOC3)C(O)CNCC(C)CO)cc2)cc1. The van der Waals surface area contributed by atoms with Crippen molar-refractivity contribution in [3.63, 3.8) is 0 Å². The van der Waals surface area contributed by atoms with E-state index < -0.39 is 18.2 Å². The summed E-state index contributed by atoms with van der Waals surface area (Å²) in [4.78, 5) is 24.0. The summed E-state index contributed by atoms with van der Waals surface area (Å²) in [5.74, 6) is 0.0984. The normalized spacial score (nSPS) is 18.0. The second-order valence-electron chi connectivity index (χ2n) is 9.19. The maximum atomic E-state index is 12.5. The van der Waals surface area contributed by atoms with Crippen LogP contribution in [0.4, 0.5) is 4.79 Å². The van der Waals surface area contributed by atoms with Crippen LogP contribution >= 0.6 is 0 Å². The molecule has 2 aromatic carbocycles. The summed E-state index contributed by atoms with van der Waals surface area (Å²) in [5, 5.41) is 26.0. The largest absolute Gasteiger partial charge is 0.444 e. The Morgan fingerprint density at radius 2 is 1.74 bits per heavy atom. The Bertz CT molecular complexity index is 941. The number of carbonyl (C=O) groups is 2. The van der Waals surface area contributed by atoms with Crippen LogP contribution in [-0.2, 0) is 15.9 Å². The number of amides is 1. The standard InChI is InChI=1S/C27H36N2O6/c1-18(16-30)14-28-15-26(32)25(29-27(33)35-24-11-12-34-17-24)13-20-3-5-22(6-4-20)23-9-7-21(8-10-23)19(2)31/h3-10,18,24-26,28,30,32H,11-17H2,1-2H3,(H,29,33). The number of alkyl carbamates (subject to hydrolysis) is 1. The average Bonchev–Trinajstić information content (AvgIpc) is 3.36. The molecule has 35 heavy (non-hydrogen) atoms. The van der Waals surface area contributed by atoms with Crippen molar-refractivity contribution in [3.8, 4) is 11.1 Å². The van der Waals surface area contributed by atoms with Gasteiger partial charge in [0.05, 0.1) is 25.4 Å². The highest BCUT2D eigenvalue weighted by Crippen LogP contribution is 2.21. The topological polar surface area (TPSA) is 117 Å². The maximum absolute atomic E-state index is 12.5. The van der Waals surface area contributed by atoms with E-state index in [0.717, 1.165) is 16.7 Å². The van der Waals surface area contributed by atoms with Gasteiger partial charge in [-0.15, -0.1) is 0 Å². The molecule has 1 heterocycles. The highest BCUT2D eigenvalue weighted by atomic mass is 16.6. The van der Waals surface area contributed by atoms with Crippen LogP contribution in [0.1, 0.15) is 36.2 Å². The number of aliphatic hydroxyl groups is 2. The number of hydrogen-bond acceptors (Lipinski definition) is 7. The predicted molar refractivity (Wildman–Crippen MR) is 133 cm³/mol. The lowest BCUT2D eigenvalue weighted by Gasteiger charge is -2.25. The van der Waals surface area contributed by atoms with Gasteiger partial charge in [0, 0.05) is 25.1 Å². The number of ketones is 1. The minimum Gasteiger partial charge on any atom is -0.444 e. The minimum atomic E-state index is -0.855. The summed E-state index contributed by atoms with van der Waals surface area (Å²) >= 11 is 0. The van der Waals surface area contributed by atoms with Crippen LogP contribution < -0.4 is 10.6 Å². The molecule has 0 radical (unpaired) electrons. The molecule has 8 nitrogen and oxygen atoms in total. The van der Waals surface area contributed by atoms with Gasteiger partial charge in [0.25, 0.3) is 0 Å². The van der Waals surface area contributed by atoms with Crippen LogP contribution in [0.2, 0.25) is 0 Å². The molecule has 1 amide bonds. The zero-order valence-electron chi connectivity index (χ0n) is 20.4. The fraction of sp³-hybridized carbons (Fsp3) is 0.481. The number of carbonyl (C=O) groups excluding carboxylic acids is 2. The molecule has 4 atom stereocenters. The highest BCUT2D eigenvalue weighted by molar-refractivity contribution is 5.94. The highest BCUT2D eigenvalue weighted by Gasteiger charge is 2.25. The Morgan fingerprint density at radius 1 is 1.09 bits per heavy atom. The molecule has 1 saturated heterocycles. The number of Topliss-reactive ketones (excluding diaryl/α,β-unsaturated/α-hetero) is 1. The van der Waals surface area contributed by atoms with Gasteiger partial charge in [0.15, 0.2) is 5.78 Å². The second-order valence-corrected chi connectivity index (χ2v) is 9.19. The lowest BCUT2D eigenvalue weighted by atomic mass is 9.97. The molecule has 0 aromatic heterocycles. The van der Waals surface area contributed by atoms with Crippen LogP contribution in [0.3, 0.4) is 0 Å². The summed E-state index contributed by atoms with van der Waals surface area (Å²) in [6, 6.07) is 14.8. The first-order valence-electron chi connectivity index (χ1n) is 12.1. The van der Waals surface area contributed by atoms with E-state index in [1.807, 2.05) is 55.5 Å². The third kappa shape index (κ3) is 8.43. The van der Waals surface area contributed by atoms with E-state index in [1.165, 1.54) is 0 Å². The first-order valence-corrected chi connectivity index (χ1v) is 12.1. The Morgan fingerprint density at radius 3 is 2.31 bits per heavy atom. The molecule has 1 aliphatic rings. The summed E-state index contributed by atoms with van der Waals surface area (Å²) in [6.45, 7) is 5.29. The van der Waals surface area contributed by atoms with Crippen molar-refractivity contribution in [1.29, 1.82) is 0 Å². The Balaban J connectivity index is 1.65. The fourth-order valence-electron chi connectivity index (χ4n) is 3.89. The minimum absolute atomic E-state index is 0.0308. The van der Waals surface area contributed by atoms with Gasteiger partial charge < -0.3 is 30.3 Å². The van der Waals surface area contributed by atoms with E-state index in [1.54, 1.807) is 6.92 Å². The monoisotopic (exact) mass is 484 g/mol. The van der Waals surface area contributed by atoms with Crippen LogP contribution in [-0.4, -0.2) is 73.2 Å². The summed E-state index contributed by atoms with van der Waals surface area (Å²) < 4.78 is 10.7. The van der Waals surface area contributed by atoms with Gasteiger partial charge in [0.2, 0.25) is 0 Å². The van der Waals surface area contributed by atoms with Crippen LogP contribution in [0.15, 0.2) is 48.5 Å². The molecule has 4 unspecified atom stereocenters. The van der Waals surface area contributed by atoms with Crippen molar-refractivity contribution >= 4 is 11.9 Å². The number of ether oxygens (including phenoxy) is 2. The predicted octanol–water partition coefficient (Wildman–Crippen LogP) is 2.56. The van der Waals surface area contributed by atoms with Gasteiger partial charge in [-0.05, 0) is 42.5 Å². The van der Waals surface area contributed by atoms with Gasteiger partial charge in [-0.2, -0.15) is 0 Å². The molecule has 3 rings (SSSR count). The number of hydrogen-bond donors (Lipinski definition) is 4. The molecule has 190 valence electrons. The zero-order valence-corrected chi connectivity index (χ0v) is 20.4. The average molecular weight is 485 g/mol. The van der Waals surface area contributed by atoms with E-state index in [-0.39, 0.29) is 31.0 Å². The van der Waals surface area contributed by atoms with Crippen LogP contribution in [0.25, 0.3) is 11.1 Å². The number of benzene rings is 2. The van der Waals surface area contributed by atoms with Crippen molar-refractivity contribution in [2.75, 3.05) is 32.9 Å². The van der Waals surface area contributed by atoms with Gasteiger partial charge in [-0.3, -0.25) is 4.79 Å². The third-order valence-electron chi connectivity index (χ3n) is 6.12. The molecule has 8 heteroatoms. The second kappa shape index (κ2) is 13.3. The lowest BCUT2D eigenvalue weighted by molar-refractivity contribution is 0.0687. The third-order valence-corrected chi connectivity index (χ3v) is 6.12. The zero-order chi connectivity index (χ0) is 25.2. The van der Waals surface area contributed by atoms with E-state index in [2.05, 4.69) is 10.6 Å². The molecule has 1 aliphatic heterocycles. The smallest absolute Gasteiger partial charge is 0.407 e. The van der Waals surface area contributed by atoms with Crippen molar-refractivity contribution in [3.05, 3.63) is 59.7 Å². The maximum Gasteiger partial charge on any atom is 0.407 e. The van der Waals surface area contributed by atoms with Gasteiger partial charge in [-0.25, -0.2) is 4.79 Å². The Hall–Kier alpha value is -2.78. The van der Waals surface area contributed by atoms with E-state index in [4.69, 9.17) is 9.47 Å². The van der Waals surface area contributed by atoms with Crippen molar-refractivity contribution in [2.24, 2.45) is 5.92 Å². The number of aliphatic hydroxyl groups excluding tert-OH is 2. The summed E-state index contributed by atoms with van der Waals surface area (Å²) in [6.07, 6.45) is -0.624. The van der Waals surface area contributed by atoms with E-state index in [9.17, 15) is 19.8 Å². The van der Waals surface area contributed by atoms with Crippen LogP contribution in [0.5, 0.6) is 0 Å². The van der Waals surface area contributed by atoms with Crippen molar-refractivity contribution in [2.45, 2.75) is 44.9 Å². The molecule has 1 fully saturated rings.